The molecule has 1 aliphatic rings. The Morgan fingerprint density at radius 2 is 1.90 bits per heavy atom. The standard InChI is InChI=1S/C17H23NO2S/c1-4-12-13-8-14-15(20-7-5-6-19-14)9-16(13)21-17(12)10-18-11(2)3/h8-9,11,18H,4-7,10H2,1-3H3. The van der Waals surface area contributed by atoms with E-state index in [1.807, 2.05) is 11.3 Å². The molecule has 114 valence electrons. The van der Waals surface area contributed by atoms with Gasteiger partial charge in [-0.05, 0) is 23.4 Å². The quantitative estimate of drug-likeness (QED) is 0.921. The fraction of sp³-hybridized carbons (Fsp3) is 0.529. The number of nitrogens with one attached hydrogen (secondary N) is 1. The molecular weight excluding hydrogens is 282 g/mol. The summed E-state index contributed by atoms with van der Waals surface area (Å²) in [4.78, 5) is 1.43. The maximum Gasteiger partial charge on any atom is 0.162 e. The number of hydrogen-bond donors (Lipinski definition) is 1. The molecule has 0 amide bonds. The van der Waals surface area contributed by atoms with Gasteiger partial charge in [0.15, 0.2) is 11.5 Å². The topological polar surface area (TPSA) is 30.5 Å². The van der Waals surface area contributed by atoms with Gasteiger partial charge in [0.25, 0.3) is 0 Å². The van der Waals surface area contributed by atoms with E-state index in [1.165, 1.54) is 20.5 Å². The third-order valence-electron chi connectivity index (χ3n) is 3.77. The molecule has 0 saturated heterocycles. The Balaban J connectivity index is 2.02. The molecule has 1 N–H and O–H groups in total. The van der Waals surface area contributed by atoms with Crippen LogP contribution in [0.25, 0.3) is 10.1 Å². The molecule has 2 aromatic rings. The van der Waals surface area contributed by atoms with E-state index in [4.69, 9.17) is 9.47 Å². The normalized spacial score (nSPS) is 14.7. The van der Waals surface area contributed by atoms with Crippen molar-refractivity contribution < 1.29 is 9.47 Å². The number of rotatable bonds is 4. The molecule has 4 heteroatoms. The van der Waals surface area contributed by atoms with E-state index in [1.54, 1.807) is 0 Å². The van der Waals surface area contributed by atoms with Crippen LogP contribution in [0.3, 0.4) is 0 Å². The van der Waals surface area contributed by atoms with Crippen molar-refractivity contribution in [2.24, 2.45) is 0 Å². The molecule has 0 fully saturated rings. The molecule has 0 spiro atoms. The summed E-state index contributed by atoms with van der Waals surface area (Å²) in [5.41, 5.74) is 1.44. The van der Waals surface area contributed by atoms with Gasteiger partial charge in [-0.25, -0.2) is 0 Å². The Hall–Kier alpha value is -1.26. The van der Waals surface area contributed by atoms with Gasteiger partial charge in [0.05, 0.1) is 13.2 Å². The van der Waals surface area contributed by atoms with Crippen molar-refractivity contribution in [3.05, 3.63) is 22.6 Å². The van der Waals surface area contributed by atoms with Crippen molar-refractivity contribution >= 4 is 21.4 Å². The molecular formula is C17H23NO2S. The summed E-state index contributed by atoms with van der Waals surface area (Å²) < 4.78 is 12.9. The van der Waals surface area contributed by atoms with Gasteiger partial charge in [-0.3, -0.25) is 0 Å². The smallest absolute Gasteiger partial charge is 0.162 e. The summed E-state index contributed by atoms with van der Waals surface area (Å²) in [5.74, 6) is 1.79. The third kappa shape index (κ3) is 3.01. The summed E-state index contributed by atoms with van der Waals surface area (Å²) in [6.07, 6.45) is 2.00. The summed E-state index contributed by atoms with van der Waals surface area (Å²) in [6.45, 7) is 9.01. The maximum atomic E-state index is 5.83. The zero-order valence-corrected chi connectivity index (χ0v) is 13.8. The molecule has 0 aliphatic carbocycles. The Bertz CT molecular complexity index is 633. The Morgan fingerprint density at radius 3 is 2.57 bits per heavy atom. The molecule has 3 nitrogen and oxygen atoms in total. The SMILES string of the molecule is CCc1c(CNC(C)C)sc2cc3c(cc12)OCCCO3. The highest BCUT2D eigenvalue weighted by atomic mass is 32.1. The summed E-state index contributed by atoms with van der Waals surface area (Å²) in [5, 5.41) is 4.85. The molecule has 21 heavy (non-hydrogen) atoms. The highest BCUT2D eigenvalue weighted by molar-refractivity contribution is 7.19. The monoisotopic (exact) mass is 305 g/mol. The lowest BCUT2D eigenvalue weighted by atomic mass is 10.1. The summed E-state index contributed by atoms with van der Waals surface area (Å²) in [7, 11) is 0. The van der Waals surface area contributed by atoms with Crippen molar-refractivity contribution in [1.29, 1.82) is 0 Å². The van der Waals surface area contributed by atoms with E-state index in [9.17, 15) is 0 Å². The fourth-order valence-electron chi connectivity index (χ4n) is 2.68. The molecule has 0 radical (unpaired) electrons. The van der Waals surface area contributed by atoms with Crippen molar-refractivity contribution in [1.82, 2.24) is 5.32 Å². The average Bonchev–Trinajstić information content (AvgIpc) is 2.63. The van der Waals surface area contributed by atoms with E-state index < -0.39 is 0 Å². The Kier molecular flexibility index (Phi) is 4.36. The number of fused-ring (bicyclic) bond motifs is 2. The maximum absolute atomic E-state index is 5.83. The molecule has 0 saturated carbocycles. The van der Waals surface area contributed by atoms with E-state index in [0.29, 0.717) is 6.04 Å². The minimum Gasteiger partial charge on any atom is -0.490 e. The van der Waals surface area contributed by atoms with Crippen LogP contribution in [0.15, 0.2) is 12.1 Å². The van der Waals surface area contributed by atoms with Crippen molar-refractivity contribution in [3.8, 4) is 11.5 Å². The molecule has 0 atom stereocenters. The van der Waals surface area contributed by atoms with Crippen molar-refractivity contribution in [3.63, 3.8) is 0 Å². The van der Waals surface area contributed by atoms with E-state index in [-0.39, 0.29) is 0 Å². The highest BCUT2D eigenvalue weighted by Crippen LogP contribution is 2.40. The Labute approximate surface area is 130 Å². The van der Waals surface area contributed by atoms with Gasteiger partial charge in [0, 0.05) is 34.7 Å². The van der Waals surface area contributed by atoms with Gasteiger partial charge in [-0.15, -0.1) is 11.3 Å². The minimum absolute atomic E-state index is 0.503. The van der Waals surface area contributed by atoms with Gasteiger partial charge in [-0.2, -0.15) is 0 Å². The predicted molar refractivity (Wildman–Crippen MR) is 88.8 cm³/mol. The number of hydrogen-bond acceptors (Lipinski definition) is 4. The molecule has 1 aromatic carbocycles. The molecule has 0 bridgehead atoms. The van der Waals surface area contributed by atoms with Gasteiger partial charge in [0.1, 0.15) is 0 Å². The Morgan fingerprint density at radius 1 is 1.19 bits per heavy atom. The highest BCUT2D eigenvalue weighted by Gasteiger charge is 2.17. The van der Waals surface area contributed by atoms with Crippen LogP contribution >= 0.6 is 11.3 Å². The predicted octanol–water partition coefficient (Wildman–Crippen LogP) is 4.12. The first-order valence-corrected chi connectivity index (χ1v) is 8.58. The first kappa shape index (κ1) is 14.7. The zero-order valence-electron chi connectivity index (χ0n) is 13.0. The van der Waals surface area contributed by atoms with Gasteiger partial charge >= 0.3 is 0 Å². The second-order valence-corrected chi connectivity index (χ2v) is 6.88. The van der Waals surface area contributed by atoms with E-state index >= 15 is 0 Å². The van der Waals surface area contributed by atoms with Crippen LogP contribution in [0.1, 0.15) is 37.6 Å². The van der Waals surface area contributed by atoms with Crippen LogP contribution in [-0.2, 0) is 13.0 Å². The van der Waals surface area contributed by atoms with E-state index in [0.717, 1.165) is 44.1 Å². The largest absolute Gasteiger partial charge is 0.490 e. The van der Waals surface area contributed by atoms with E-state index in [2.05, 4.69) is 38.2 Å². The first-order chi connectivity index (χ1) is 10.2. The minimum atomic E-state index is 0.503. The van der Waals surface area contributed by atoms with Crippen LogP contribution in [0.5, 0.6) is 11.5 Å². The number of thiophene rings is 1. The van der Waals surface area contributed by atoms with Crippen LogP contribution < -0.4 is 14.8 Å². The van der Waals surface area contributed by atoms with Crippen LogP contribution in [0.4, 0.5) is 0 Å². The molecule has 1 aromatic heterocycles. The van der Waals surface area contributed by atoms with Crippen molar-refractivity contribution in [2.45, 2.75) is 46.2 Å². The lowest BCUT2D eigenvalue weighted by molar-refractivity contribution is 0.297. The molecule has 3 rings (SSSR count). The summed E-state index contributed by atoms with van der Waals surface area (Å²) in [6, 6.07) is 4.83. The average molecular weight is 305 g/mol. The van der Waals surface area contributed by atoms with Crippen molar-refractivity contribution in [2.75, 3.05) is 13.2 Å². The van der Waals surface area contributed by atoms with Gasteiger partial charge < -0.3 is 14.8 Å². The molecule has 0 unspecified atom stereocenters. The van der Waals surface area contributed by atoms with Gasteiger partial charge in [-0.1, -0.05) is 20.8 Å². The second kappa shape index (κ2) is 6.24. The molecule has 1 aliphatic heterocycles. The number of ether oxygens (including phenoxy) is 2. The zero-order chi connectivity index (χ0) is 14.8. The lowest BCUT2D eigenvalue weighted by Crippen LogP contribution is -2.21. The number of benzene rings is 1. The summed E-state index contributed by atoms with van der Waals surface area (Å²) >= 11 is 1.87. The second-order valence-electron chi connectivity index (χ2n) is 5.74. The van der Waals surface area contributed by atoms with Crippen LogP contribution in [-0.4, -0.2) is 19.3 Å². The lowest BCUT2D eigenvalue weighted by Gasteiger charge is -2.08. The first-order valence-electron chi connectivity index (χ1n) is 7.76. The number of aryl methyl sites for hydroxylation is 1. The van der Waals surface area contributed by atoms with Gasteiger partial charge in [0.2, 0.25) is 0 Å². The van der Waals surface area contributed by atoms with Crippen LogP contribution in [0.2, 0.25) is 0 Å². The van der Waals surface area contributed by atoms with Crippen LogP contribution in [0, 0.1) is 0 Å². The molecule has 2 heterocycles. The third-order valence-corrected chi connectivity index (χ3v) is 4.96. The fourth-order valence-corrected chi connectivity index (χ4v) is 3.94.